The molecule has 2 atom stereocenters. The van der Waals surface area contributed by atoms with Crippen LogP contribution in [0.15, 0.2) is 30.7 Å². The first-order valence-corrected chi connectivity index (χ1v) is 7.34. The third-order valence-corrected chi connectivity index (χ3v) is 3.68. The van der Waals surface area contributed by atoms with Crippen LogP contribution >= 0.6 is 0 Å². The minimum atomic E-state index is -0.940. The Morgan fingerprint density at radius 2 is 2.39 bits per heavy atom. The Balaban J connectivity index is 1.56. The molecular weight excluding hydrogens is 301 g/mol. The highest BCUT2D eigenvalue weighted by Gasteiger charge is 2.33. The molecule has 23 heavy (non-hydrogen) atoms. The van der Waals surface area contributed by atoms with E-state index in [1.165, 1.54) is 0 Å². The SMILES string of the molecule is Cn1cc(NC(=O)NC[C@@H]2C[C@H](F)CN2c2cccnn2)cn1. The Labute approximate surface area is 132 Å². The summed E-state index contributed by atoms with van der Waals surface area (Å²) in [6.45, 7) is 0.582. The normalized spacial score (nSPS) is 20.5. The summed E-state index contributed by atoms with van der Waals surface area (Å²) < 4.78 is 15.3. The molecule has 1 saturated heterocycles. The summed E-state index contributed by atoms with van der Waals surface area (Å²) in [5.74, 6) is 0.618. The fourth-order valence-electron chi connectivity index (χ4n) is 2.65. The summed E-state index contributed by atoms with van der Waals surface area (Å²) in [6.07, 6.45) is 4.23. The lowest BCUT2D eigenvalue weighted by Crippen LogP contribution is -2.42. The first kappa shape index (κ1) is 15.2. The maximum Gasteiger partial charge on any atom is 0.319 e. The van der Waals surface area contributed by atoms with Crippen LogP contribution in [0.3, 0.4) is 0 Å². The van der Waals surface area contributed by atoms with Gasteiger partial charge in [0, 0.05) is 32.4 Å². The molecule has 0 bridgehead atoms. The predicted molar refractivity (Wildman–Crippen MR) is 82.9 cm³/mol. The molecule has 9 heteroatoms. The minimum absolute atomic E-state index is 0.152. The van der Waals surface area contributed by atoms with Crippen molar-refractivity contribution in [3.8, 4) is 0 Å². The van der Waals surface area contributed by atoms with Crippen molar-refractivity contribution >= 4 is 17.5 Å². The molecule has 0 unspecified atom stereocenters. The summed E-state index contributed by atoms with van der Waals surface area (Å²) in [4.78, 5) is 13.7. The molecular formula is C14H18FN7O. The third kappa shape index (κ3) is 3.74. The van der Waals surface area contributed by atoms with Crippen molar-refractivity contribution in [1.29, 1.82) is 0 Å². The lowest BCUT2D eigenvalue weighted by atomic mass is 10.2. The van der Waals surface area contributed by atoms with Gasteiger partial charge in [-0.15, -0.1) is 5.10 Å². The van der Waals surface area contributed by atoms with Crippen molar-refractivity contribution in [3.05, 3.63) is 30.7 Å². The summed E-state index contributed by atoms with van der Waals surface area (Å²) in [5.41, 5.74) is 0.602. The molecule has 1 aliphatic rings. The van der Waals surface area contributed by atoms with Crippen molar-refractivity contribution in [3.63, 3.8) is 0 Å². The van der Waals surface area contributed by atoms with Crippen LogP contribution in [0.5, 0.6) is 0 Å². The first-order chi connectivity index (χ1) is 11.1. The van der Waals surface area contributed by atoms with Gasteiger partial charge in [-0.25, -0.2) is 9.18 Å². The number of amides is 2. The lowest BCUT2D eigenvalue weighted by Gasteiger charge is -2.24. The fraction of sp³-hybridized carbons (Fsp3) is 0.429. The van der Waals surface area contributed by atoms with E-state index in [1.54, 1.807) is 42.5 Å². The van der Waals surface area contributed by atoms with E-state index in [-0.39, 0.29) is 18.6 Å². The zero-order valence-corrected chi connectivity index (χ0v) is 12.7. The highest BCUT2D eigenvalue weighted by atomic mass is 19.1. The third-order valence-electron chi connectivity index (χ3n) is 3.68. The van der Waals surface area contributed by atoms with Gasteiger partial charge in [-0.1, -0.05) is 0 Å². The maximum atomic E-state index is 13.8. The standard InChI is InChI=1S/C14H18FN7O/c1-21-9-11(6-18-21)19-14(23)16-7-12-5-10(15)8-22(12)13-3-2-4-17-20-13/h2-4,6,9-10,12H,5,7-8H2,1H3,(H2,16,19,23)/t10-,12-/m0/s1. The smallest absolute Gasteiger partial charge is 0.319 e. The monoisotopic (exact) mass is 319 g/mol. The fourth-order valence-corrected chi connectivity index (χ4v) is 2.65. The summed E-state index contributed by atoms with van der Waals surface area (Å²) >= 11 is 0. The second-order valence-corrected chi connectivity index (χ2v) is 5.46. The lowest BCUT2D eigenvalue weighted by molar-refractivity contribution is 0.251. The highest BCUT2D eigenvalue weighted by Crippen LogP contribution is 2.24. The second kappa shape index (κ2) is 6.59. The van der Waals surface area contributed by atoms with Gasteiger partial charge in [0.1, 0.15) is 6.17 Å². The summed E-state index contributed by atoms with van der Waals surface area (Å²) in [7, 11) is 1.77. The highest BCUT2D eigenvalue weighted by molar-refractivity contribution is 5.88. The number of nitrogens with one attached hydrogen (secondary N) is 2. The number of urea groups is 1. The van der Waals surface area contributed by atoms with Crippen LogP contribution in [0, 0.1) is 0 Å². The number of hydrogen-bond acceptors (Lipinski definition) is 5. The van der Waals surface area contributed by atoms with Crippen LogP contribution in [0.1, 0.15) is 6.42 Å². The number of anilines is 2. The van der Waals surface area contributed by atoms with Gasteiger partial charge in [-0.3, -0.25) is 4.68 Å². The predicted octanol–water partition coefficient (Wildman–Crippen LogP) is 0.949. The number of aromatic nitrogens is 4. The molecule has 0 saturated carbocycles. The van der Waals surface area contributed by atoms with Crippen LogP contribution in [0.4, 0.5) is 20.7 Å². The summed E-state index contributed by atoms with van der Waals surface area (Å²) in [6, 6.07) is 3.04. The van der Waals surface area contributed by atoms with Gasteiger partial charge in [-0.2, -0.15) is 10.2 Å². The average Bonchev–Trinajstić information content (AvgIpc) is 3.12. The average molecular weight is 319 g/mol. The van der Waals surface area contributed by atoms with Gasteiger partial charge in [0.05, 0.1) is 24.5 Å². The first-order valence-electron chi connectivity index (χ1n) is 7.34. The Bertz CT molecular complexity index is 662. The molecule has 1 fully saturated rings. The zero-order chi connectivity index (χ0) is 16.2. The van der Waals surface area contributed by atoms with Crippen molar-refractivity contribution < 1.29 is 9.18 Å². The van der Waals surface area contributed by atoms with Gasteiger partial charge in [0.2, 0.25) is 0 Å². The van der Waals surface area contributed by atoms with Crippen molar-refractivity contribution in [2.24, 2.45) is 7.05 Å². The second-order valence-electron chi connectivity index (χ2n) is 5.46. The number of nitrogens with zero attached hydrogens (tertiary/aromatic N) is 5. The molecule has 2 aromatic rings. The number of carbonyl (C=O) groups is 1. The van der Waals surface area contributed by atoms with Gasteiger partial charge in [0.25, 0.3) is 0 Å². The topological polar surface area (TPSA) is 88.0 Å². The van der Waals surface area contributed by atoms with Gasteiger partial charge >= 0.3 is 6.03 Å². The molecule has 122 valence electrons. The molecule has 0 radical (unpaired) electrons. The van der Waals surface area contributed by atoms with E-state index in [4.69, 9.17) is 0 Å². The van der Waals surface area contributed by atoms with E-state index >= 15 is 0 Å². The molecule has 8 nitrogen and oxygen atoms in total. The molecule has 1 aliphatic heterocycles. The molecule has 2 N–H and O–H groups in total. The largest absolute Gasteiger partial charge is 0.347 e. The molecule has 2 amide bonds. The van der Waals surface area contributed by atoms with Gasteiger partial charge in [-0.05, 0) is 12.1 Å². The number of aryl methyl sites for hydroxylation is 1. The van der Waals surface area contributed by atoms with Crippen LogP contribution in [0.25, 0.3) is 0 Å². The van der Waals surface area contributed by atoms with Crippen molar-refractivity contribution in [2.45, 2.75) is 18.6 Å². The molecule has 0 spiro atoms. The Kier molecular flexibility index (Phi) is 4.35. The van der Waals surface area contributed by atoms with Crippen LogP contribution in [0.2, 0.25) is 0 Å². The van der Waals surface area contributed by atoms with E-state index < -0.39 is 6.17 Å². The Morgan fingerprint density at radius 3 is 3.09 bits per heavy atom. The van der Waals surface area contributed by atoms with E-state index in [0.29, 0.717) is 24.5 Å². The van der Waals surface area contributed by atoms with Gasteiger partial charge in [0.15, 0.2) is 5.82 Å². The van der Waals surface area contributed by atoms with Crippen LogP contribution in [-0.4, -0.2) is 51.3 Å². The summed E-state index contributed by atoms with van der Waals surface area (Å²) in [5, 5.41) is 17.2. The van der Waals surface area contributed by atoms with Crippen molar-refractivity contribution in [1.82, 2.24) is 25.3 Å². The van der Waals surface area contributed by atoms with Crippen LogP contribution < -0.4 is 15.5 Å². The number of rotatable bonds is 4. The molecule has 3 rings (SSSR count). The number of hydrogen-bond donors (Lipinski definition) is 2. The molecule has 2 aromatic heterocycles. The minimum Gasteiger partial charge on any atom is -0.347 e. The number of halogens is 1. The number of alkyl halides is 1. The molecule has 3 heterocycles. The number of carbonyl (C=O) groups excluding carboxylic acids is 1. The zero-order valence-electron chi connectivity index (χ0n) is 12.7. The maximum absolute atomic E-state index is 13.8. The Hall–Kier alpha value is -2.71. The van der Waals surface area contributed by atoms with Crippen LogP contribution in [-0.2, 0) is 7.05 Å². The molecule has 0 aromatic carbocycles. The van der Waals surface area contributed by atoms with Crippen molar-refractivity contribution in [2.75, 3.05) is 23.3 Å². The quantitative estimate of drug-likeness (QED) is 0.876. The molecule has 0 aliphatic carbocycles. The van der Waals surface area contributed by atoms with E-state index in [2.05, 4.69) is 25.9 Å². The van der Waals surface area contributed by atoms with E-state index in [1.807, 2.05) is 4.90 Å². The van der Waals surface area contributed by atoms with E-state index in [9.17, 15) is 9.18 Å². The van der Waals surface area contributed by atoms with E-state index in [0.717, 1.165) is 0 Å². The van der Waals surface area contributed by atoms with Gasteiger partial charge < -0.3 is 15.5 Å². The Morgan fingerprint density at radius 1 is 1.52 bits per heavy atom.